The fourth-order valence-corrected chi connectivity index (χ4v) is 4.01. The third kappa shape index (κ3) is 1.31. The summed E-state index contributed by atoms with van der Waals surface area (Å²) in [6.45, 7) is 10.0. The highest BCUT2D eigenvalue weighted by Gasteiger charge is 2.60. The molecule has 0 bridgehead atoms. The van der Waals surface area contributed by atoms with E-state index in [-0.39, 0.29) is 23.4 Å². The summed E-state index contributed by atoms with van der Waals surface area (Å²) in [6.07, 6.45) is 3.86. The van der Waals surface area contributed by atoms with E-state index < -0.39 is 5.60 Å². The standard InChI is InChI=1S/C15H20O3/c1-9-5-4-6-15(17)7-11-10(2)13(16)18-12(11)8-14(9,15)3/h11-12,17H,1-2,4-8H2,3H3. The molecule has 4 atom stereocenters. The number of aliphatic hydroxyl groups is 1. The summed E-state index contributed by atoms with van der Waals surface area (Å²) in [5, 5.41) is 11.0. The first-order valence-electron chi connectivity index (χ1n) is 6.68. The van der Waals surface area contributed by atoms with Crippen LogP contribution in [0.5, 0.6) is 0 Å². The Balaban J connectivity index is 1.99. The second kappa shape index (κ2) is 3.47. The minimum absolute atomic E-state index is 0.0125. The first-order valence-corrected chi connectivity index (χ1v) is 6.68. The minimum atomic E-state index is -0.750. The maximum absolute atomic E-state index is 11.6. The minimum Gasteiger partial charge on any atom is -0.458 e. The van der Waals surface area contributed by atoms with Crippen molar-refractivity contribution < 1.29 is 14.6 Å². The van der Waals surface area contributed by atoms with Crippen LogP contribution in [0.2, 0.25) is 0 Å². The molecular weight excluding hydrogens is 228 g/mol. The van der Waals surface area contributed by atoms with Gasteiger partial charge in [0.2, 0.25) is 0 Å². The Bertz CT molecular complexity index is 453. The fourth-order valence-electron chi connectivity index (χ4n) is 4.01. The first-order chi connectivity index (χ1) is 8.37. The number of esters is 1. The zero-order valence-electron chi connectivity index (χ0n) is 10.9. The normalized spacial score (nSPS) is 47.6. The molecular formula is C15H20O3. The van der Waals surface area contributed by atoms with E-state index in [2.05, 4.69) is 20.1 Å². The van der Waals surface area contributed by atoms with Crippen LogP contribution >= 0.6 is 0 Å². The molecule has 0 aromatic heterocycles. The highest BCUT2D eigenvalue weighted by molar-refractivity contribution is 5.90. The van der Waals surface area contributed by atoms with Crippen molar-refractivity contribution in [2.24, 2.45) is 11.3 Å². The number of hydrogen-bond donors (Lipinski definition) is 1. The smallest absolute Gasteiger partial charge is 0.334 e. The molecule has 1 N–H and O–H groups in total. The Morgan fingerprint density at radius 2 is 2.11 bits per heavy atom. The van der Waals surface area contributed by atoms with E-state index in [1.165, 1.54) is 0 Å². The fraction of sp³-hybridized carbons (Fsp3) is 0.667. The number of carbonyl (C=O) groups excluding carboxylic acids is 1. The van der Waals surface area contributed by atoms with Crippen LogP contribution in [0.25, 0.3) is 0 Å². The molecule has 18 heavy (non-hydrogen) atoms. The average molecular weight is 248 g/mol. The summed E-state index contributed by atoms with van der Waals surface area (Å²) in [5.74, 6) is -0.303. The average Bonchev–Trinajstić information content (AvgIpc) is 2.55. The van der Waals surface area contributed by atoms with Crippen molar-refractivity contribution in [1.29, 1.82) is 0 Å². The third-order valence-corrected chi connectivity index (χ3v) is 5.46. The van der Waals surface area contributed by atoms with Gasteiger partial charge in [0.15, 0.2) is 0 Å². The Hall–Kier alpha value is -1.09. The molecule has 0 aromatic rings. The Labute approximate surface area is 108 Å². The van der Waals surface area contributed by atoms with Crippen LogP contribution in [-0.4, -0.2) is 22.8 Å². The Morgan fingerprint density at radius 1 is 1.39 bits per heavy atom. The predicted octanol–water partition coefficient (Wildman–Crippen LogP) is 2.36. The van der Waals surface area contributed by atoms with E-state index in [9.17, 15) is 9.90 Å². The molecule has 1 heterocycles. The molecule has 0 radical (unpaired) electrons. The Kier molecular flexibility index (Phi) is 2.31. The molecule has 2 aliphatic carbocycles. The molecule has 1 aliphatic heterocycles. The van der Waals surface area contributed by atoms with Gasteiger partial charge in [-0.25, -0.2) is 4.79 Å². The number of fused-ring (bicyclic) bond motifs is 2. The second-order valence-electron chi connectivity index (χ2n) is 6.30. The molecule has 98 valence electrons. The first kappa shape index (κ1) is 12.0. The van der Waals surface area contributed by atoms with Crippen LogP contribution in [0.4, 0.5) is 0 Å². The van der Waals surface area contributed by atoms with Gasteiger partial charge in [-0.2, -0.15) is 0 Å². The molecule has 3 rings (SSSR count). The van der Waals surface area contributed by atoms with Crippen molar-refractivity contribution in [2.45, 2.75) is 50.7 Å². The van der Waals surface area contributed by atoms with E-state index in [0.29, 0.717) is 18.4 Å². The van der Waals surface area contributed by atoms with Gasteiger partial charge in [0.05, 0.1) is 5.60 Å². The van der Waals surface area contributed by atoms with Crippen LogP contribution in [0, 0.1) is 11.3 Å². The summed E-state index contributed by atoms with van der Waals surface area (Å²) in [4.78, 5) is 11.6. The predicted molar refractivity (Wildman–Crippen MR) is 67.8 cm³/mol. The van der Waals surface area contributed by atoms with Crippen molar-refractivity contribution >= 4 is 5.97 Å². The molecule has 1 saturated heterocycles. The van der Waals surface area contributed by atoms with Crippen LogP contribution in [0.1, 0.15) is 39.0 Å². The number of carbonyl (C=O) groups is 1. The summed E-state index contributed by atoms with van der Waals surface area (Å²) >= 11 is 0. The topological polar surface area (TPSA) is 46.5 Å². The van der Waals surface area contributed by atoms with Gasteiger partial charge in [-0.15, -0.1) is 0 Å². The molecule has 3 nitrogen and oxygen atoms in total. The summed E-state index contributed by atoms with van der Waals surface area (Å²) in [5.41, 5.74) is 0.562. The maximum Gasteiger partial charge on any atom is 0.334 e. The van der Waals surface area contributed by atoms with Crippen molar-refractivity contribution in [3.8, 4) is 0 Å². The lowest BCUT2D eigenvalue weighted by molar-refractivity contribution is -0.157. The molecule has 3 fully saturated rings. The molecule has 0 spiro atoms. The van der Waals surface area contributed by atoms with Gasteiger partial charge < -0.3 is 9.84 Å². The number of hydrogen-bond acceptors (Lipinski definition) is 3. The molecule has 3 heteroatoms. The maximum atomic E-state index is 11.6. The lowest BCUT2D eigenvalue weighted by Crippen LogP contribution is -2.57. The van der Waals surface area contributed by atoms with Gasteiger partial charge in [-0.3, -0.25) is 0 Å². The molecule has 2 saturated carbocycles. The van der Waals surface area contributed by atoms with E-state index in [1.807, 2.05) is 0 Å². The summed E-state index contributed by atoms with van der Waals surface area (Å²) < 4.78 is 5.39. The highest BCUT2D eigenvalue weighted by Crippen LogP contribution is 2.59. The monoisotopic (exact) mass is 248 g/mol. The van der Waals surface area contributed by atoms with Gasteiger partial charge in [-0.1, -0.05) is 25.7 Å². The van der Waals surface area contributed by atoms with Gasteiger partial charge >= 0.3 is 5.97 Å². The summed E-state index contributed by atoms with van der Waals surface area (Å²) in [6, 6.07) is 0. The van der Waals surface area contributed by atoms with Crippen LogP contribution in [-0.2, 0) is 9.53 Å². The van der Waals surface area contributed by atoms with Gasteiger partial charge in [0.25, 0.3) is 0 Å². The van der Waals surface area contributed by atoms with Crippen molar-refractivity contribution in [1.82, 2.24) is 0 Å². The van der Waals surface area contributed by atoms with Crippen LogP contribution in [0.3, 0.4) is 0 Å². The lowest BCUT2D eigenvalue weighted by Gasteiger charge is -2.55. The van der Waals surface area contributed by atoms with Gasteiger partial charge in [0.1, 0.15) is 6.10 Å². The van der Waals surface area contributed by atoms with Crippen molar-refractivity contribution in [3.05, 3.63) is 24.3 Å². The zero-order valence-corrected chi connectivity index (χ0v) is 10.9. The SMILES string of the molecule is C=C1C(=O)OC2CC3(C)C(=C)CCCC3(O)CC12. The molecule has 0 amide bonds. The van der Waals surface area contributed by atoms with Gasteiger partial charge in [0, 0.05) is 16.9 Å². The van der Waals surface area contributed by atoms with E-state index in [1.54, 1.807) is 0 Å². The summed E-state index contributed by atoms with van der Waals surface area (Å²) in [7, 11) is 0. The van der Waals surface area contributed by atoms with Crippen LogP contribution < -0.4 is 0 Å². The van der Waals surface area contributed by atoms with Gasteiger partial charge in [-0.05, 0) is 32.1 Å². The number of ether oxygens (including phenoxy) is 1. The van der Waals surface area contributed by atoms with Crippen molar-refractivity contribution in [2.75, 3.05) is 0 Å². The largest absolute Gasteiger partial charge is 0.458 e. The van der Waals surface area contributed by atoms with Crippen molar-refractivity contribution in [3.63, 3.8) is 0 Å². The quantitative estimate of drug-likeness (QED) is 0.406. The van der Waals surface area contributed by atoms with E-state index in [0.717, 1.165) is 24.8 Å². The number of rotatable bonds is 0. The van der Waals surface area contributed by atoms with E-state index >= 15 is 0 Å². The van der Waals surface area contributed by atoms with E-state index in [4.69, 9.17) is 4.74 Å². The second-order valence-corrected chi connectivity index (χ2v) is 6.30. The molecule has 0 aromatic carbocycles. The lowest BCUT2D eigenvalue weighted by atomic mass is 9.53. The third-order valence-electron chi connectivity index (χ3n) is 5.46. The molecule has 4 unspecified atom stereocenters. The zero-order chi connectivity index (χ0) is 13.1. The highest BCUT2D eigenvalue weighted by atomic mass is 16.6. The van der Waals surface area contributed by atoms with Crippen LogP contribution in [0.15, 0.2) is 24.3 Å². The Morgan fingerprint density at radius 3 is 2.83 bits per heavy atom. The molecule has 3 aliphatic rings.